The van der Waals surface area contributed by atoms with Crippen molar-refractivity contribution in [2.45, 2.75) is 52.8 Å². The first-order valence-corrected chi connectivity index (χ1v) is 10.1. The van der Waals surface area contributed by atoms with Gasteiger partial charge in [0.25, 0.3) is 0 Å². The molecule has 1 aromatic rings. The Morgan fingerprint density at radius 3 is 2.85 bits per heavy atom. The Balaban J connectivity index is 1.99. The zero-order chi connectivity index (χ0) is 19.6. The molecule has 0 bridgehead atoms. The molecule has 6 nitrogen and oxygen atoms in total. The van der Waals surface area contributed by atoms with E-state index in [1.165, 1.54) is 5.56 Å². The molecule has 0 aromatic heterocycles. The lowest BCUT2D eigenvalue weighted by Crippen LogP contribution is -2.42. The summed E-state index contributed by atoms with van der Waals surface area (Å²) in [6.45, 7) is 13.3. The molecule has 1 atom stereocenters. The topological polar surface area (TPSA) is 58.1 Å². The fraction of sp³-hybridized carbons (Fsp3) is 0.667. The van der Waals surface area contributed by atoms with Crippen LogP contribution in [0.5, 0.6) is 5.75 Å². The van der Waals surface area contributed by atoms with Gasteiger partial charge in [-0.1, -0.05) is 12.1 Å². The van der Waals surface area contributed by atoms with E-state index in [4.69, 9.17) is 14.5 Å². The van der Waals surface area contributed by atoms with E-state index >= 15 is 0 Å². The first-order chi connectivity index (χ1) is 13.0. The first kappa shape index (κ1) is 21.5. The standard InChI is InChI=1S/C21H36N4O2/c1-6-22-21(23-10-11-25(5)16(2)3)24-14-18-8-7-17(4)13-20(18)27-19-9-12-26-15-19/h7-8,13,16,19H,6,9-12,14-15H2,1-5H3,(H2,22,23,24). The van der Waals surface area contributed by atoms with E-state index in [0.717, 1.165) is 49.9 Å². The molecule has 2 N–H and O–H groups in total. The van der Waals surface area contributed by atoms with Crippen LogP contribution in [-0.2, 0) is 11.3 Å². The zero-order valence-electron chi connectivity index (χ0n) is 17.5. The Bertz CT molecular complexity index is 598. The quantitative estimate of drug-likeness (QED) is 0.512. The van der Waals surface area contributed by atoms with Crippen LogP contribution in [0, 0.1) is 6.92 Å². The molecule has 152 valence electrons. The monoisotopic (exact) mass is 376 g/mol. The summed E-state index contributed by atoms with van der Waals surface area (Å²) >= 11 is 0. The van der Waals surface area contributed by atoms with Crippen molar-refractivity contribution >= 4 is 5.96 Å². The van der Waals surface area contributed by atoms with Gasteiger partial charge in [0.1, 0.15) is 11.9 Å². The predicted molar refractivity (Wildman–Crippen MR) is 112 cm³/mol. The Morgan fingerprint density at radius 1 is 1.37 bits per heavy atom. The number of guanidine groups is 1. The van der Waals surface area contributed by atoms with Crippen LogP contribution in [0.2, 0.25) is 0 Å². The molecule has 6 heteroatoms. The molecule has 1 fully saturated rings. The highest BCUT2D eigenvalue weighted by Crippen LogP contribution is 2.24. The normalized spacial score (nSPS) is 17.6. The minimum absolute atomic E-state index is 0.146. The third-order valence-corrected chi connectivity index (χ3v) is 4.79. The third kappa shape index (κ3) is 7.39. The lowest BCUT2D eigenvalue weighted by Gasteiger charge is -2.21. The van der Waals surface area contributed by atoms with Gasteiger partial charge < -0.3 is 25.0 Å². The fourth-order valence-corrected chi connectivity index (χ4v) is 2.80. The lowest BCUT2D eigenvalue weighted by molar-refractivity contribution is 0.140. The molecule has 0 spiro atoms. The molecule has 1 unspecified atom stereocenters. The Hall–Kier alpha value is -1.79. The number of aryl methyl sites for hydroxylation is 1. The average Bonchev–Trinajstić information content (AvgIpc) is 3.13. The van der Waals surface area contributed by atoms with Gasteiger partial charge in [-0.25, -0.2) is 4.99 Å². The largest absolute Gasteiger partial charge is 0.488 e. The molecule has 0 saturated carbocycles. The van der Waals surface area contributed by atoms with E-state index in [-0.39, 0.29) is 6.10 Å². The van der Waals surface area contributed by atoms with Crippen molar-refractivity contribution < 1.29 is 9.47 Å². The van der Waals surface area contributed by atoms with Gasteiger partial charge in [-0.15, -0.1) is 0 Å². The molecule has 0 aliphatic carbocycles. The van der Waals surface area contributed by atoms with Crippen molar-refractivity contribution in [3.8, 4) is 5.75 Å². The van der Waals surface area contributed by atoms with Gasteiger partial charge in [0.2, 0.25) is 0 Å². The number of hydrogen-bond acceptors (Lipinski definition) is 4. The van der Waals surface area contributed by atoms with Crippen molar-refractivity contribution in [3.05, 3.63) is 29.3 Å². The van der Waals surface area contributed by atoms with Crippen molar-refractivity contribution in [1.29, 1.82) is 0 Å². The zero-order valence-corrected chi connectivity index (χ0v) is 17.5. The van der Waals surface area contributed by atoms with E-state index in [2.05, 4.69) is 68.5 Å². The third-order valence-electron chi connectivity index (χ3n) is 4.79. The minimum Gasteiger partial charge on any atom is -0.488 e. The second kappa shape index (κ2) is 11.1. The number of hydrogen-bond donors (Lipinski definition) is 2. The maximum Gasteiger partial charge on any atom is 0.191 e. The van der Waals surface area contributed by atoms with Crippen molar-refractivity contribution in [2.24, 2.45) is 4.99 Å². The molecule has 1 aliphatic heterocycles. The summed E-state index contributed by atoms with van der Waals surface area (Å²) in [5.74, 6) is 1.76. The summed E-state index contributed by atoms with van der Waals surface area (Å²) in [4.78, 5) is 7.07. The lowest BCUT2D eigenvalue weighted by atomic mass is 10.1. The molecule has 1 saturated heterocycles. The second-order valence-electron chi connectivity index (χ2n) is 7.41. The van der Waals surface area contributed by atoms with E-state index < -0.39 is 0 Å². The molecule has 0 radical (unpaired) electrons. The molecule has 1 aromatic carbocycles. The van der Waals surface area contributed by atoms with Crippen molar-refractivity contribution in [2.75, 3.05) is 39.9 Å². The van der Waals surface area contributed by atoms with Crippen molar-refractivity contribution in [1.82, 2.24) is 15.5 Å². The molecule has 2 rings (SSSR count). The highest BCUT2D eigenvalue weighted by molar-refractivity contribution is 5.79. The molecule has 1 heterocycles. The highest BCUT2D eigenvalue weighted by Gasteiger charge is 2.18. The van der Waals surface area contributed by atoms with E-state index in [0.29, 0.717) is 19.2 Å². The maximum absolute atomic E-state index is 6.18. The second-order valence-corrected chi connectivity index (χ2v) is 7.41. The smallest absolute Gasteiger partial charge is 0.191 e. The molecule has 0 amide bonds. The van der Waals surface area contributed by atoms with Gasteiger partial charge in [0.05, 0.1) is 19.8 Å². The van der Waals surface area contributed by atoms with Crippen LogP contribution in [0.15, 0.2) is 23.2 Å². The van der Waals surface area contributed by atoms with Crippen LogP contribution in [-0.4, -0.2) is 62.9 Å². The van der Waals surface area contributed by atoms with Gasteiger partial charge in [0.15, 0.2) is 5.96 Å². The summed E-state index contributed by atoms with van der Waals surface area (Å²) in [6.07, 6.45) is 1.09. The SMILES string of the molecule is CCNC(=NCc1ccc(C)cc1OC1CCOC1)NCCN(C)C(C)C. The van der Waals surface area contributed by atoms with Crippen LogP contribution < -0.4 is 15.4 Å². The number of ether oxygens (including phenoxy) is 2. The molecule has 1 aliphatic rings. The van der Waals surface area contributed by atoms with Crippen LogP contribution in [0.3, 0.4) is 0 Å². The van der Waals surface area contributed by atoms with Gasteiger partial charge in [-0.2, -0.15) is 0 Å². The number of nitrogens with one attached hydrogen (secondary N) is 2. The predicted octanol–water partition coefficient (Wildman–Crippen LogP) is 2.56. The molecular formula is C21H36N4O2. The minimum atomic E-state index is 0.146. The molecular weight excluding hydrogens is 340 g/mol. The summed E-state index contributed by atoms with van der Waals surface area (Å²) in [5, 5.41) is 6.74. The van der Waals surface area contributed by atoms with Crippen LogP contribution in [0.1, 0.15) is 38.3 Å². The number of benzene rings is 1. The highest BCUT2D eigenvalue weighted by atomic mass is 16.5. The Kier molecular flexibility index (Phi) is 8.88. The number of aliphatic imine (C=N–C) groups is 1. The fourth-order valence-electron chi connectivity index (χ4n) is 2.80. The summed E-state index contributed by atoms with van der Waals surface area (Å²) < 4.78 is 11.6. The molecule has 27 heavy (non-hydrogen) atoms. The summed E-state index contributed by atoms with van der Waals surface area (Å²) in [7, 11) is 2.14. The Labute approximate surface area is 164 Å². The van der Waals surface area contributed by atoms with Crippen LogP contribution in [0.4, 0.5) is 0 Å². The number of nitrogens with zero attached hydrogens (tertiary/aromatic N) is 2. The summed E-state index contributed by atoms with van der Waals surface area (Å²) in [5.41, 5.74) is 2.29. The van der Waals surface area contributed by atoms with Gasteiger partial charge >= 0.3 is 0 Å². The van der Waals surface area contributed by atoms with Gasteiger partial charge in [-0.3, -0.25) is 0 Å². The van der Waals surface area contributed by atoms with Gasteiger partial charge in [0, 0.05) is 37.7 Å². The van der Waals surface area contributed by atoms with Gasteiger partial charge in [-0.05, 0) is 46.4 Å². The Morgan fingerprint density at radius 2 is 2.19 bits per heavy atom. The number of likely N-dealkylation sites (N-methyl/N-ethyl adjacent to an activating group) is 1. The first-order valence-electron chi connectivity index (χ1n) is 10.1. The maximum atomic E-state index is 6.18. The summed E-state index contributed by atoms with van der Waals surface area (Å²) in [6, 6.07) is 6.86. The van der Waals surface area contributed by atoms with E-state index in [1.807, 2.05) is 0 Å². The van der Waals surface area contributed by atoms with Crippen molar-refractivity contribution in [3.63, 3.8) is 0 Å². The average molecular weight is 377 g/mol. The van der Waals surface area contributed by atoms with E-state index in [1.54, 1.807) is 0 Å². The van der Waals surface area contributed by atoms with E-state index in [9.17, 15) is 0 Å². The van der Waals surface area contributed by atoms with Crippen LogP contribution >= 0.6 is 0 Å². The number of rotatable bonds is 9. The van der Waals surface area contributed by atoms with Crippen LogP contribution in [0.25, 0.3) is 0 Å².